The van der Waals surface area contributed by atoms with E-state index in [1.54, 1.807) is 23.6 Å². The zero-order chi connectivity index (χ0) is 23.3. The van der Waals surface area contributed by atoms with Gasteiger partial charge in [-0.05, 0) is 53.9 Å². The average molecular weight is 523 g/mol. The van der Waals surface area contributed by atoms with Crippen molar-refractivity contribution in [2.75, 3.05) is 31.4 Å². The lowest BCUT2D eigenvalue weighted by atomic mass is 9.95. The van der Waals surface area contributed by atoms with Crippen molar-refractivity contribution >= 4 is 39.6 Å². The number of benzene rings is 1. The molecule has 0 amide bonds. The van der Waals surface area contributed by atoms with Gasteiger partial charge in [-0.2, -0.15) is 4.98 Å². The highest BCUT2D eigenvalue weighted by Crippen LogP contribution is 2.43. The van der Waals surface area contributed by atoms with Crippen LogP contribution < -0.4 is 14.8 Å². The molecule has 0 bridgehead atoms. The van der Waals surface area contributed by atoms with Crippen molar-refractivity contribution in [2.45, 2.75) is 38.4 Å². The van der Waals surface area contributed by atoms with Crippen LogP contribution in [0.2, 0.25) is 0 Å². The topological polar surface area (TPSA) is 87.5 Å². The number of hydrogen-bond donors (Lipinski definition) is 1. The molecule has 1 aromatic carbocycles. The lowest BCUT2D eigenvalue weighted by Crippen LogP contribution is -2.29. The summed E-state index contributed by atoms with van der Waals surface area (Å²) in [5, 5.41) is 8.54. The molecule has 1 aliphatic rings. The molecule has 2 aromatic rings. The number of esters is 1. The van der Waals surface area contributed by atoms with E-state index in [0.717, 1.165) is 17.7 Å². The molecular weight excluding hydrogens is 496 g/mol. The Labute approximate surface area is 200 Å². The molecule has 3 rings (SSSR count). The standard InChI is InChI=1S/C22H27BrN4O4S/c1-6-9-31-20(28)17-13(4)24-21-25-22(32-10-7-2)26-27(21)18(17)14-11-15(23)19(30-8-3)16(12-14)29-5/h6,11-12,18H,1,7-10H2,2-5H3,(H,24,25,26). The van der Waals surface area contributed by atoms with Gasteiger partial charge in [-0.25, -0.2) is 9.48 Å². The van der Waals surface area contributed by atoms with Gasteiger partial charge in [0.2, 0.25) is 11.1 Å². The Morgan fingerprint density at radius 2 is 2.19 bits per heavy atom. The van der Waals surface area contributed by atoms with Crippen LogP contribution in [-0.2, 0) is 9.53 Å². The number of halogens is 1. The van der Waals surface area contributed by atoms with Gasteiger partial charge in [0.25, 0.3) is 0 Å². The zero-order valence-electron chi connectivity index (χ0n) is 18.6. The summed E-state index contributed by atoms with van der Waals surface area (Å²) in [6.07, 6.45) is 2.54. The fourth-order valence-electron chi connectivity index (χ4n) is 3.35. The summed E-state index contributed by atoms with van der Waals surface area (Å²) in [6, 6.07) is 3.19. The minimum atomic E-state index is -0.562. The minimum absolute atomic E-state index is 0.112. The van der Waals surface area contributed by atoms with E-state index in [-0.39, 0.29) is 6.61 Å². The second-order valence-electron chi connectivity index (χ2n) is 6.93. The Hall–Kier alpha value is -2.46. The van der Waals surface area contributed by atoms with Crippen LogP contribution in [0.5, 0.6) is 11.5 Å². The molecule has 32 heavy (non-hydrogen) atoms. The van der Waals surface area contributed by atoms with Crippen LogP contribution in [0.1, 0.15) is 38.8 Å². The third-order valence-corrected chi connectivity index (χ3v) is 6.31. The minimum Gasteiger partial charge on any atom is -0.493 e. The highest BCUT2D eigenvalue weighted by molar-refractivity contribution is 9.10. The van der Waals surface area contributed by atoms with Gasteiger partial charge in [-0.1, -0.05) is 31.3 Å². The van der Waals surface area contributed by atoms with Gasteiger partial charge in [0, 0.05) is 11.4 Å². The zero-order valence-corrected chi connectivity index (χ0v) is 21.0. The van der Waals surface area contributed by atoms with Crippen LogP contribution in [0.15, 0.2) is 45.7 Å². The average Bonchev–Trinajstić information content (AvgIpc) is 3.18. The van der Waals surface area contributed by atoms with E-state index in [1.165, 1.54) is 6.08 Å². The summed E-state index contributed by atoms with van der Waals surface area (Å²) in [6.45, 7) is 10.1. The molecule has 1 aliphatic heterocycles. The van der Waals surface area contributed by atoms with E-state index >= 15 is 0 Å². The molecule has 0 fully saturated rings. The number of aromatic nitrogens is 3. The van der Waals surface area contributed by atoms with Crippen molar-refractivity contribution in [3.8, 4) is 11.5 Å². The smallest absolute Gasteiger partial charge is 0.338 e. The van der Waals surface area contributed by atoms with Crippen LogP contribution in [0, 0.1) is 0 Å². The monoisotopic (exact) mass is 522 g/mol. The van der Waals surface area contributed by atoms with Gasteiger partial charge >= 0.3 is 5.97 Å². The van der Waals surface area contributed by atoms with E-state index in [2.05, 4.69) is 39.7 Å². The van der Waals surface area contributed by atoms with Crippen molar-refractivity contribution in [3.63, 3.8) is 0 Å². The van der Waals surface area contributed by atoms with Crippen molar-refractivity contribution < 1.29 is 19.0 Å². The fourth-order valence-corrected chi connectivity index (χ4v) is 4.61. The first kappa shape index (κ1) is 24.2. The number of nitrogens with zero attached hydrogens (tertiary/aromatic N) is 3. The van der Waals surface area contributed by atoms with E-state index in [4.69, 9.17) is 19.3 Å². The highest BCUT2D eigenvalue weighted by atomic mass is 79.9. The Morgan fingerprint density at radius 1 is 1.41 bits per heavy atom. The molecule has 10 heteroatoms. The number of rotatable bonds is 10. The molecule has 0 saturated carbocycles. The number of carbonyl (C=O) groups excluding carboxylic acids is 1. The second-order valence-corrected chi connectivity index (χ2v) is 8.85. The third kappa shape index (κ3) is 4.96. The number of methoxy groups -OCH3 is 1. The summed E-state index contributed by atoms with van der Waals surface area (Å²) in [7, 11) is 1.58. The van der Waals surface area contributed by atoms with Crippen LogP contribution in [0.25, 0.3) is 0 Å². The van der Waals surface area contributed by atoms with E-state index in [9.17, 15) is 4.79 Å². The SMILES string of the molecule is C=CCOC(=O)C1=C(C)Nc2nc(SCCC)nn2C1c1cc(Br)c(OCC)c(OC)c1. The molecule has 1 unspecified atom stereocenters. The maximum absolute atomic E-state index is 13.0. The molecule has 1 atom stereocenters. The first-order valence-corrected chi connectivity index (χ1v) is 12.1. The van der Waals surface area contributed by atoms with Crippen molar-refractivity contribution in [3.05, 3.63) is 46.1 Å². The number of carbonyl (C=O) groups is 1. The molecule has 1 N–H and O–H groups in total. The molecule has 0 radical (unpaired) electrons. The second kappa shape index (κ2) is 10.9. The lowest BCUT2D eigenvalue weighted by molar-refractivity contribution is -0.138. The predicted octanol–water partition coefficient (Wildman–Crippen LogP) is 4.97. The van der Waals surface area contributed by atoms with Crippen LogP contribution >= 0.6 is 27.7 Å². The number of nitrogens with one attached hydrogen (secondary N) is 1. The Balaban J connectivity index is 2.16. The summed E-state index contributed by atoms with van der Waals surface area (Å²) in [5.74, 6) is 2.16. The van der Waals surface area contributed by atoms with Gasteiger partial charge in [-0.3, -0.25) is 0 Å². The summed E-state index contributed by atoms with van der Waals surface area (Å²) in [5.41, 5.74) is 1.87. The van der Waals surface area contributed by atoms with Gasteiger partial charge in [0.05, 0.1) is 23.8 Å². The first-order chi connectivity index (χ1) is 15.4. The summed E-state index contributed by atoms with van der Waals surface area (Å²) in [4.78, 5) is 17.7. The molecule has 8 nitrogen and oxygen atoms in total. The maximum atomic E-state index is 13.0. The third-order valence-electron chi connectivity index (χ3n) is 4.68. The van der Waals surface area contributed by atoms with Gasteiger partial charge in [0.1, 0.15) is 12.6 Å². The summed E-state index contributed by atoms with van der Waals surface area (Å²) < 4.78 is 19.1. The number of fused-ring (bicyclic) bond motifs is 1. The number of anilines is 1. The Bertz CT molecular complexity index is 1040. The number of allylic oxidation sites excluding steroid dienone is 1. The number of hydrogen-bond acceptors (Lipinski definition) is 8. The number of thioether (sulfide) groups is 1. The predicted molar refractivity (Wildman–Crippen MR) is 129 cm³/mol. The molecular formula is C22H27BrN4O4S. The van der Waals surface area contributed by atoms with Gasteiger partial charge in [-0.15, -0.1) is 5.10 Å². The molecule has 0 saturated heterocycles. The summed E-state index contributed by atoms with van der Waals surface area (Å²) >= 11 is 5.16. The fraction of sp³-hybridized carbons (Fsp3) is 0.409. The van der Waals surface area contributed by atoms with Gasteiger partial charge in [0.15, 0.2) is 11.5 Å². The molecule has 172 valence electrons. The molecule has 0 spiro atoms. The van der Waals surface area contributed by atoms with E-state index < -0.39 is 12.0 Å². The Morgan fingerprint density at radius 3 is 2.84 bits per heavy atom. The van der Waals surface area contributed by atoms with Crippen molar-refractivity contribution in [1.82, 2.24) is 14.8 Å². The molecule has 0 aliphatic carbocycles. The maximum Gasteiger partial charge on any atom is 0.338 e. The van der Waals surface area contributed by atoms with Crippen molar-refractivity contribution in [2.24, 2.45) is 0 Å². The largest absolute Gasteiger partial charge is 0.493 e. The number of ether oxygens (including phenoxy) is 3. The molecule has 1 aromatic heterocycles. The van der Waals surface area contributed by atoms with Crippen LogP contribution in [0.4, 0.5) is 5.95 Å². The van der Waals surface area contributed by atoms with E-state index in [1.807, 2.05) is 26.0 Å². The van der Waals surface area contributed by atoms with Gasteiger partial charge < -0.3 is 19.5 Å². The Kier molecular flexibility index (Phi) is 8.25. The van der Waals surface area contributed by atoms with E-state index in [0.29, 0.717) is 45.0 Å². The molecule has 2 heterocycles. The van der Waals surface area contributed by atoms with Crippen LogP contribution in [-0.4, -0.2) is 46.8 Å². The van der Waals surface area contributed by atoms with Crippen molar-refractivity contribution in [1.29, 1.82) is 0 Å². The highest BCUT2D eigenvalue weighted by Gasteiger charge is 2.36. The lowest BCUT2D eigenvalue weighted by Gasteiger charge is -2.28. The normalized spacial score (nSPS) is 15.1. The quantitative estimate of drug-likeness (QED) is 0.266. The van der Waals surface area contributed by atoms with Crippen LogP contribution in [0.3, 0.4) is 0 Å². The first-order valence-electron chi connectivity index (χ1n) is 10.3.